The first-order valence-corrected chi connectivity index (χ1v) is 4.29. The largest absolute Gasteiger partial charge is 0.298 e. The van der Waals surface area contributed by atoms with Crippen molar-refractivity contribution in [3.8, 4) is 6.07 Å². The third-order valence-corrected chi connectivity index (χ3v) is 2.19. The van der Waals surface area contributed by atoms with Crippen molar-refractivity contribution in [1.29, 1.82) is 5.26 Å². The molecule has 0 saturated carbocycles. The van der Waals surface area contributed by atoms with Crippen LogP contribution in [0.5, 0.6) is 0 Å². The SMILES string of the molecule is CC(=O)C(C)(C#N)c1ncc(Cl)cn1. The number of halogens is 1. The first-order valence-electron chi connectivity index (χ1n) is 3.91. The van der Waals surface area contributed by atoms with Gasteiger partial charge in [0.1, 0.15) is 0 Å². The highest BCUT2D eigenvalue weighted by Gasteiger charge is 2.35. The van der Waals surface area contributed by atoms with E-state index in [0.29, 0.717) is 5.02 Å². The maximum absolute atomic E-state index is 11.2. The monoisotopic (exact) mass is 209 g/mol. The van der Waals surface area contributed by atoms with E-state index in [0.717, 1.165) is 0 Å². The number of nitrogens with zero attached hydrogens (tertiary/aromatic N) is 3. The average molecular weight is 210 g/mol. The van der Waals surface area contributed by atoms with Gasteiger partial charge in [-0.2, -0.15) is 5.26 Å². The maximum atomic E-state index is 11.2. The lowest BCUT2D eigenvalue weighted by Crippen LogP contribution is -2.30. The van der Waals surface area contributed by atoms with Gasteiger partial charge in [0.15, 0.2) is 17.0 Å². The van der Waals surface area contributed by atoms with Gasteiger partial charge < -0.3 is 0 Å². The molecule has 0 bridgehead atoms. The molecule has 0 radical (unpaired) electrons. The van der Waals surface area contributed by atoms with Crippen molar-refractivity contribution >= 4 is 17.4 Å². The number of carbonyl (C=O) groups is 1. The first kappa shape index (κ1) is 10.6. The van der Waals surface area contributed by atoms with Crippen LogP contribution in [-0.4, -0.2) is 15.8 Å². The Morgan fingerprint density at radius 1 is 1.57 bits per heavy atom. The molecule has 0 fully saturated rings. The molecule has 0 amide bonds. The Hall–Kier alpha value is -1.47. The highest BCUT2D eigenvalue weighted by Crippen LogP contribution is 2.20. The zero-order valence-electron chi connectivity index (χ0n) is 7.78. The van der Waals surface area contributed by atoms with Crippen LogP contribution in [0.3, 0.4) is 0 Å². The average Bonchev–Trinajstić information content (AvgIpc) is 2.17. The standard InChI is InChI=1S/C9H8ClN3O/c1-6(14)9(2,5-11)8-12-3-7(10)4-13-8/h3-4H,1-2H3. The molecule has 0 aliphatic carbocycles. The quantitative estimate of drug-likeness (QED) is 0.740. The summed E-state index contributed by atoms with van der Waals surface area (Å²) in [5.41, 5.74) is -1.29. The third-order valence-electron chi connectivity index (χ3n) is 2.00. The van der Waals surface area contributed by atoms with Gasteiger partial charge >= 0.3 is 0 Å². The molecule has 0 saturated heterocycles. The minimum absolute atomic E-state index is 0.178. The van der Waals surface area contributed by atoms with Crippen LogP contribution >= 0.6 is 11.6 Å². The molecule has 1 aromatic heterocycles. The molecular weight excluding hydrogens is 202 g/mol. The fraction of sp³-hybridized carbons (Fsp3) is 0.333. The van der Waals surface area contributed by atoms with Crippen molar-refractivity contribution < 1.29 is 4.79 Å². The van der Waals surface area contributed by atoms with Gasteiger partial charge in [0.05, 0.1) is 11.1 Å². The van der Waals surface area contributed by atoms with E-state index in [2.05, 4.69) is 9.97 Å². The molecule has 0 aromatic carbocycles. The molecule has 72 valence electrons. The predicted molar refractivity (Wildman–Crippen MR) is 50.7 cm³/mol. The van der Waals surface area contributed by atoms with E-state index in [9.17, 15) is 4.79 Å². The van der Waals surface area contributed by atoms with Crippen LogP contribution in [0.15, 0.2) is 12.4 Å². The molecule has 1 rings (SSSR count). The van der Waals surface area contributed by atoms with Crippen LogP contribution in [-0.2, 0) is 10.2 Å². The van der Waals surface area contributed by atoms with Crippen LogP contribution in [0.2, 0.25) is 5.02 Å². The fourth-order valence-electron chi connectivity index (χ4n) is 0.857. The summed E-state index contributed by atoms with van der Waals surface area (Å²) in [6, 6.07) is 1.90. The summed E-state index contributed by atoms with van der Waals surface area (Å²) in [7, 11) is 0. The smallest absolute Gasteiger partial charge is 0.171 e. The van der Waals surface area contributed by atoms with Crippen LogP contribution in [0.25, 0.3) is 0 Å². The second-order valence-corrected chi connectivity index (χ2v) is 3.45. The molecule has 0 aliphatic heterocycles. The van der Waals surface area contributed by atoms with Crippen molar-refractivity contribution in [2.45, 2.75) is 19.3 Å². The normalized spacial score (nSPS) is 14.1. The minimum atomic E-state index is -1.29. The lowest BCUT2D eigenvalue weighted by Gasteiger charge is -2.15. The summed E-state index contributed by atoms with van der Waals surface area (Å²) >= 11 is 5.59. The van der Waals surface area contributed by atoms with Gasteiger partial charge in [-0.05, 0) is 13.8 Å². The third kappa shape index (κ3) is 1.73. The van der Waals surface area contributed by atoms with Crippen LogP contribution < -0.4 is 0 Å². The molecule has 4 nitrogen and oxygen atoms in total. The Morgan fingerprint density at radius 3 is 2.43 bits per heavy atom. The number of rotatable bonds is 2. The van der Waals surface area contributed by atoms with Gasteiger partial charge in [-0.3, -0.25) is 4.79 Å². The maximum Gasteiger partial charge on any atom is 0.171 e. The molecule has 0 aliphatic rings. The van der Waals surface area contributed by atoms with E-state index in [1.807, 2.05) is 6.07 Å². The number of aromatic nitrogens is 2. The van der Waals surface area contributed by atoms with Crippen LogP contribution in [0.1, 0.15) is 19.7 Å². The van der Waals surface area contributed by atoms with Gasteiger partial charge in [0.2, 0.25) is 0 Å². The van der Waals surface area contributed by atoms with Gasteiger partial charge in [0, 0.05) is 12.4 Å². The topological polar surface area (TPSA) is 66.6 Å². The molecule has 5 heteroatoms. The zero-order chi connectivity index (χ0) is 10.8. The van der Waals surface area contributed by atoms with Gasteiger partial charge in [-0.1, -0.05) is 11.6 Å². The summed E-state index contributed by atoms with van der Waals surface area (Å²) in [6.45, 7) is 2.82. The highest BCUT2D eigenvalue weighted by molar-refractivity contribution is 6.30. The molecule has 14 heavy (non-hydrogen) atoms. The Labute approximate surface area is 86.6 Å². The second-order valence-electron chi connectivity index (χ2n) is 3.02. The van der Waals surface area contributed by atoms with Gasteiger partial charge in [-0.15, -0.1) is 0 Å². The number of hydrogen-bond donors (Lipinski definition) is 0. The van der Waals surface area contributed by atoms with E-state index in [1.54, 1.807) is 0 Å². The molecule has 0 spiro atoms. The van der Waals surface area contributed by atoms with E-state index < -0.39 is 5.41 Å². The lowest BCUT2D eigenvalue weighted by molar-refractivity contribution is -0.120. The molecule has 1 heterocycles. The first-order chi connectivity index (χ1) is 6.50. The number of hydrogen-bond acceptors (Lipinski definition) is 4. The molecule has 1 unspecified atom stereocenters. The Kier molecular flexibility index (Phi) is 2.82. The summed E-state index contributed by atoms with van der Waals surface area (Å²) in [5, 5.41) is 9.27. The molecular formula is C9H8ClN3O. The van der Waals surface area contributed by atoms with Crippen molar-refractivity contribution in [3.63, 3.8) is 0 Å². The van der Waals surface area contributed by atoms with Crippen molar-refractivity contribution in [2.24, 2.45) is 0 Å². The number of carbonyl (C=O) groups excluding carboxylic acids is 1. The second kappa shape index (κ2) is 3.72. The number of ketones is 1. The highest BCUT2D eigenvalue weighted by atomic mass is 35.5. The van der Waals surface area contributed by atoms with Crippen LogP contribution in [0.4, 0.5) is 0 Å². The Morgan fingerprint density at radius 2 is 2.07 bits per heavy atom. The number of nitriles is 1. The summed E-state index contributed by atoms with van der Waals surface area (Å²) in [5.74, 6) is -0.112. The molecule has 0 N–H and O–H groups in total. The molecule has 1 aromatic rings. The van der Waals surface area contributed by atoms with Gasteiger partial charge in [0.25, 0.3) is 0 Å². The summed E-state index contributed by atoms with van der Waals surface area (Å²) in [6.07, 6.45) is 2.73. The van der Waals surface area contributed by atoms with E-state index in [4.69, 9.17) is 16.9 Å². The lowest BCUT2D eigenvalue weighted by atomic mass is 9.87. The van der Waals surface area contributed by atoms with Crippen LogP contribution in [0, 0.1) is 11.3 Å². The van der Waals surface area contributed by atoms with E-state index in [1.165, 1.54) is 26.2 Å². The zero-order valence-corrected chi connectivity index (χ0v) is 8.54. The van der Waals surface area contributed by atoms with Crippen molar-refractivity contribution in [1.82, 2.24) is 9.97 Å². The summed E-state index contributed by atoms with van der Waals surface area (Å²) < 4.78 is 0. The van der Waals surface area contributed by atoms with E-state index >= 15 is 0 Å². The minimum Gasteiger partial charge on any atom is -0.298 e. The fourth-order valence-corrected chi connectivity index (χ4v) is 0.954. The van der Waals surface area contributed by atoms with E-state index in [-0.39, 0.29) is 11.6 Å². The number of Topliss-reactive ketones (excluding diaryl/α,β-unsaturated/α-hetero) is 1. The Balaban J connectivity index is 3.22. The van der Waals surface area contributed by atoms with Crippen molar-refractivity contribution in [3.05, 3.63) is 23.2 Å². The predicted octanol–water partition coefficient (Wildman–Crippen LogP) is 1.50. The molecule has 1 atom stereocenters. The van der Waals surface area contributed by atoms with Crippen molar-refractivity contribution in [2.75, 3.05) is 0 Å². The summed E-state index contributed by atoms with van der Waals surface area (Å²) in [4.78, 5) is 19.0. The Bertz CT molecular complexity index is 396. The van der Waals surface area contributed by atoms with Gasteiger partial charge in [-0.25, -0.2) is 9.97 Å².